The van der Waals surface area contributed by atoms with Crippen LogP contribution in [0.3, 0.4) is 0 Å². The summed E-state index contributed by atoms with van der Waals surface area (Å²) in [5.41, 5.74) is 1.74. The summed E-state index contributed by atoms with van der Waals surface area (Å²) in [5, 5.41) is 0. The second kappa shape index (κ2) is 11.7. The second-order valence-electron chi connectivity index (χ2n) is 10.7. The molecule has 0 N–H and O–H groups in total. The smallest absolute Gasteiger partial charge is 0.410 e. The van der Waals surface area contributed by atoms with E-state index in [1.165, 1.54) is 5.57 Å². The summed E-state index contributed by atoms with van der Waals surface area (Å²) in [5.74, 6) is 3.75. The number of carbonyl (C=O) groups is 2. The van der Waals surface area contributed by atoms with Gasteiger partial charge >= 0.3 is 6.09 Å². The highest BCUT2D eigenvalue weighted by Gasteiger charge is 2.28. The summed E-state index contributed by atoms with van der Waals surface area (Å²) in [6.07, 6.45) is 8.19. The van der Waals surface area contributed by atoms with Gasteiger partial charge in [0.1, 0.15) is 11.4 Å². The van der Waals surface area contributed by atoms with E-state index in [4.69, 9.17) is 9.47 Å². The van der Waals surface area contributed by atoms with Crippen molar-refractivity contribution in [2.75, 3.05) is 44.3 Å². The Morgan fingerprint density at radius 1 is 1.06 bits per heavy atom. The van der Waals surface area contributed by atoms with Crippen LogP contribution in [-0.4, -0.2) is 76.7 Å². The zero-order valence-corrected chi connectivity index (χ0v) is 22.1. The number of allylic oxidation sites excluding steroid dienone is 2. The van der Waals surface area contributed by atoms with E-state index in [1.807, 2.05) is 49.6 Å². The molecule has 0 radical (unpaired) electrons. The molecule has 1 atom stereocenters. The zero-order valence-electron chi connectivity index (χ0n) is 21.3. The number of amides is 2. The number of hydrogen-bond donors (Lipinski definition) is 0. The first kappa shape index (κ1) is 25.9. The lowest BCUT2D eigenvalue weighted by atomic mass is 9.87. The number of aromatic nitrogens is 1. The highest BCUT2D eigenvalue weighted by Crippen LogP contribution is 2.31. The van der Waals surface area contributed by atoms with Gasteiger partial charge in [-0.3, -0.25) is 9.78 Å². The third-order valence-corrected chi connectivity index (χ3v) is 7.84. The Morgan fingerprint density at radius 3 is 2.40 bits per heavy atom. The van der Waals surface area contributed by atoms with Gasteiger partial charge in [0.05, 0.1) is 18.5 Å². The Hall–Kier alpha value is -2.22. The van der Waals surface area contributed by atoms with Crippen LogP contribution in [0.4, 0.5) is 4.79 Å². The van der Waals surface area contributed by atoms with Gasteiger partial charge in [-0.05, 0) is 76.5 Å². The second-order valence-corrected chi connectivity index (χ2v) is 12.0. The lowest BCUT2D eigenvalue weighted by molar-refractivity contribution is -0.135. The van der Waals surface area contributed by atoms with Crippen LogP contribution in [0.5, 0.6) is 5.75 Å². The van der Waals surface area contributed by atoms with Crippen LogP contribution in [-0.2, 0) is 9.53 Å². The van der Waals surface area contributed by atoms with E-state index in [-0.39, 0.29) is 12.0 Å². The minimum atomic E-state index is -0.463. The third-order valence-electron chi connectivity index (χ3n) is 6.90. The number of ether oxygens (including phenoxy) is 2. The van der Waals surface area contributed by atoms with Crippen molar-refractivity contribution < 1.29 is 19.1 Å². The van der Waals surface area contributed by atoms with Gasteiger partial charge in [-0.25, -0.2) is 4.79 Å². The van der Waals surface area contributed by atoms with Gasteiger partial charge in [0.25, 0.3) is 0 Å². The Balaban J connectivity index is 1.20. The fourth-order valence-corrected chi connectivity index (χ4v) is 5.71. The molecule has 0 spiro atoms. The van der Waals surface area contributed by atoms with E-state index in [1.54, 1.807) is 11.1 Å². The Kier molecular flexibility index (Phi) is 8.63. The maximum absolute atomic E-state index is 12.8. The van der Waals surface area contributed by atoms with Crippen LogP contribution in [0.1, 0.15) is 58.6 Å². The molecule has 0 bridgehead atoms. The van der Waals surface area contributed by atoms with E-state index in [9.17, 15) is 9.59 Å². The molecule has 2 amide bonds. The molecule has 1 aromatic rings. The molecule has 3 heterocycles. The van der Waals surface area contributed by atoms with Crippen molar-refractivity contribution in [3.05, 3.63) is 30.1 Å². The Bertz CT molecular complexity index is 898. The quantitative estimate of drug-likeness (QED) is 0.573. The molecule has 3 aliphatic rings. The SMILES string of the molecule is CC(C)(C)OC(=O)N1CCC(COc2ccc(C3=CCC(C(=O)N4CCSCC4)CC3)nc2)CC1. The fraction of sp³-hybridized carbons (Fsp3) is 0.667. The minimum Gasteiger partial charge on any atom is -0.492 e. The molecule has 2 saturated heterocycles. The molecule has 8 heteroatoms. The fourth-order valence-electron chi connectivity index (χ4n) is 4.81. The van der Waals surface area contributed by atoms with Crippen LogP contribution in [0.2, 0.25) is 0 Å². The highest BCUT2D eigenvalue weighted by molar-refractivity contribution is 7.99. The lowest BCUT2D eigenvalue weighted by Gasteiger charge is -2.33. The van der Waals surface area contributed by atoms with E-state index < -0.39 is 5.60 Å². The van der Waals surface area contributed by atoms with E-state index >= 15 is 0 Å². The van der Waals surface area contributed by atoms with Crippen molar-refractivity contribution in [3.63, 3.8) is 0 Å². The first-order valence-corrected chi connectivity index (χ1v) is 14.1. The predicted molar refractivity (Wildman–Crippen MR) is 139 cm³/mol. The number of rotatable bonds is 5. The number of thioether (sulfide) groups is 1. The van der Waals surface area contributed by atoms with Crippen LogP contribution < -0.4 is 4.74 Å². The third kappa shape index (κ3) is 7.38. The van der Waals surface area contributed by atoms with Crippen molar-refractivity contribution in [1.29, 1.82) is 0 Å². The number of pyridine rings is 1. The van der Waals surface area contributed by atoms with Gasteiger partial charge in [0, 0.05) is 43.6 Å². The molecular formula is C27H39N3O4S. The largest absolute Gasteiger partial charge is 0.492 e. The van der Waals surface area contributed by atoms with E-state index in [0.29, 0.717) is 31.5 Å². The Labute approximate surface area is 213 Å². The average Bonchev–Trinajstić information content (AvgIpc) is 2.87. The monoisotopic (exact) mass is 501 g/mol. The molecule has 2 aliphatic heterocycles. The molecule has 35 heavy (non-hydrogen) atoms. The van der Waals surface area contributed by atoms with Gasteiger partial charge in [-0.2, -0.15) is 11.8 Å². The van der Waals surface area contributed by atoms with Crippen molar-refractivity contribution in [1.82, 2.24) is 14.8 Å². The molecule has 0 aromatic carbocycles. The summed E-state index contributed by atoms with van der Waals surface area (Å²) < 4.78 is 11.5. The van der Waals surface area contributed by atoms with Crippen molar-refractivity contribution in [3.8, 4) is 5.75 Å². The normalized spacial score (nSPS) is 21.9. The van der Waals surface area contributed by atoms with Gasteiger partial charge in [0.15, 0.2) is 0 Å². The summed E-state index contributed by atoms with van der Waals surface area (Å²) >= 11 is 1.93. The van der Waals surface area contributed by atoms with Crippen molar-refractivity contribution in [2.45, 2.75) is 58.5 Å². The van der Waals surface area contributed by atoms with Crippen LogP contribution in [0.15, 0.2) is 24.4 Å². The first-order chi connectivity index (χ1) is 16.8. The molecule has 7 nitrogen and oxygen atoms in total. The summed E-state index contributed by atoms with van der Waals surface area (Å²) in [4.78, 5) is 33.5. The molecule has 1 aliphatic carbocycles. The molecular weight excluding hydrogens is 462 g/mol. The number of nitrogens with zero attached hydrogens (tertiary/aromatic N) is 3. The van der Waals surface area contributed by atoms with Gasteiger partial charge in [0.2, 0.25) is 5.91 Å². The first-order valence-electron chi connectivity index (χ1n) is 12.9. The maximum Gasteiger partial charge on any atom is 0.410 e. The molecule has 1 unspecified atom stereocenters. The van der Waals surface area contributed by atoms with Gasteiger partial charge in [-0.15, -0.1) is 0 Å². The predicted octanol–water partition coefficient (Wildman–Crippen LogP) is 4.87. The van der Waals surface area contributed by atoms with Gasteiger partial charge < -0.3 is 19.3 Å². The summed E-state index contributed by atoms with van der Waals surface area (Å²) in [7, 11) is 0. The molecule has 2 fully saturated rings. The highest BCUT2D eigenvalue weighted by atomic mass is 32.2. The zero-order chi connectivity index (χ0) is 24.8. The summed E-state index contributed by atoms with van der Waals surface area (Å²) in [6.45, 7) is 9.49. The number of likely N-dealkylation sites (tertiary alicyclic amines) is 1. The summed E-state index contributed by atoms with van der Waals surface area (Å²) in [6, 6.07) is 4.01. The molecule has 4 rings (SSSR count). The Morgan fingerprint density at radius 2 is 1.80 bits per heavy atom. The number of carbonyl (C=O) groups excluding carboxylic acids is 2. The standard InChI is InChI=1S/C27H39N3O4S/c1-27(2,3)34-26(32)30-12-10-20(11-13-30)19-33-23-8-9-24(28-18-23)21-4-6-22(7-5-21)25(31)29-14-16-35-17-15-29/h4,8-9,18,20,22H,5-7,10-17,19H2,1-3H3. The number of hydrogen-bond acceptors (Lipinski definition) is 6. The van der Waals surface area contributed by atoms with Crippen molar-refractivity contribution >= 4 is 29.3 Å². The van der Waals surface area contributed by atoms with E-state index in [0.717, 1.165) is 68.1 Å². The van der Waals surface area contributed by atoms with Crippen LogP contribution in [0, 0.1) is 11.8 Å². The van der Waals surface area contributed by atoms with Crippen LogP contribution in [0.25, 0.3) is 5.57 Å². The average molecular weight is 502 g/mol. The van der Waals surface area contributed by atoms with E-state index in [2.05, 4.69) is 11.1 Å². The van der Waals surface area contributed by atoms with Crippen LogP contribution >= 0.6 is 11.8 Å². The topological polar surface area (TPSA) is 72.0 Å². The van der Waals surface area contributed by atoms with Gasteiger partial charge in [-0.1, -0.05) is 6.08 Å². The molecule has 1 aromatic heterocycles. The number of piperidine rings is 1. The lowest BCUT2D eigenvalue weighted by Crippen LogP contribution is -2.42. The van der Waals surface area contributed by atoms with Crippen molar-refractivity contribution in [2.24, 2.45) is 11.8 Å². The maximum atomic E-state index is 12.8. The molecule has 192 valence electrons. The molecule has 0 saturated carbocycles. The minimum absolute atomic E-state index is 0.117.